The van der Waals surface area contributed by atoms with Crippen LogP contribution in [-0.4, -0.2) is 53.2 Å². The second-order valence-electron chi connectivity index (χ2n) is 8.40. The normalized spacial score (nSPS) is 21.3. The fourth-order valence-corrected chi connectivity index (χ4v) is 5.68. The minimum atomic E-state index is -4.78. The predicted octanol–water partition coefficient (Wildman–Crippen LogP) is 5.86. The van der Waals surface area contributed by atoms with E-state index in [2.05, 4.69) is 5.32 Å². The number of thiophene rings is 1. The van der Waals surface area contributed by atoms with Crippen molar-refractivity contribution in [1.82, 2.24) is 4.90 Å². The molecule has 0 radical (unpaired) electrons. The monoisotopic (exact) mass is 574 g/mol. The molecule has 1 aliphatic rings. The Morgan fingerprint density at radius 3 is 2.61 bits per heavy atom. The number of amides is 1. The van der Waals surface area contributed by atoms with Crippen molar-refractivity contribution in [3.63, 3.8) is 0 Å². The predicted molar refractivity (Wildman–Crippen MR) is 120 cm³/mol. The molecule has 31 heavy (non-hydrogen) atoms. The fraction of sp³-hybridized carbons (Fsp3) is 0.550. The quantitative estimate of drug-likeness (QED) is 0.356. The summed E-state index contributed by atoms with van der Waals surface area (Å²) in [5, 5.41) is 13.2. The zero-order valence-corrected chi connectivity index (χ0v) is 20.1. The van der Waals surface area contributed by atoms with Crippen molar-refractivity contribution in [3.8, 4) is 0 Å². The van der Waals surface area contributed by atoms with Gasteiger partial charge in [0.15, 0.2) is 6.10 Å². The van der Waals surface area contributed by atoms with Crippen molar-refractivity contribution >= 4 is 55.8 Å². The van der Waals surface area contributed by atoms with E-state index in [-0.39, 0.29) is 17.5 Å². The summed E-state index contributed by atoms with van der Waals surface area (Å²) in [6.45, 7) is 5.36. The summed E-state index contributed by atoms with van der Waals surface area (Å²) in [4.78, 5) is 13.5. The van der Waals surface area contributed by atoms with Gasteiger partial charge in [-0.3, -0.25) is 0 Å². The van der Waals surface area contributed by atoms with E-state index in [0.717, 1.165) is 11.3 Å². The summed E-state index contributed by atoms with van der Waals surface area (Å²) < 4.78 is 60.3. The minimum Gasteiger partial charge on any atom is -0.444 e. The Balaban J connectivity index is 1.78. The van der Waals surface area contributed by atoms with Crippen molar-refractivity contribution in [2.45, 2.75) is 57.3 Å². The topological polar surface area (TPSA) is 61.8 Å². The largest absolute Gasteiger partial charge is 0.444 e. The van der Waals surface area contributed by atoms with Crippen LogP contribution in [0.4, 0.5) is 28.0 Å². The van der Waals surface area contributed by atoms with Gasteiger partial charge >= 0.3 is 12.3 Å². The minimum absolute atomic E-state index is 0.136. The van der Waals surface area contributed by atoms with Gasteiger partial charge in [-0.2, -0.15) is 13.2 Å². The van der Waals surface area contributed by atoms with Crippen LogP contribution in [0.1, 0.15) is 38.9 Å². The van der Waals surface area contributed by atoms with Crippen LogP contribution in [0.15, 0.2) is 18.2 Å². The number of hydrogen-bond acceptors (Lipinski definition) is 5. The van der Waals surface area contributed by atoms with Gasteiger partial charge in [0.2, 0.25) is 0 Å². The lowest BCUT2D eigenvalue weighted by atomic mass is 10.0. The maximum absolute atomic E-state index is 14.8. The maximum atomic E-state index is 14.8. The van der Waals surface area contributed by atoms with E-state index in [1.807, 2.05) is 0 Å². The highest BCUT2D eigenvalue weighted by Gasteiger charge is 2.42. The van der Waals surface area contributed by atoms with E-state index in [9.17, 15) is 27.5 Å². The number of likely N-dealkylation sites (tertiary alicyclic amines) is 1. The molecule has 1 aliphatic heterocycles. The first-order chi connectivity index (χ1) is 14.3. The van der Waals surface area contributed by atoms with Gasteiger partial charge in [-0.15, -0.1) is 11.3 Å². The molecule has 0 aliphatic carbocycles. The molecule has 2 aromatic rings. The van der Waals surface area contributed by atoms with Crippen LogP contribution in [0.3, 0.4) is 0 Å². The zero-order chi connectivity index (χ0) is 23.1. The number of aliphatic hydroxyl groups is 1. The summed E-state index contributed by atoms with van der Waals surface area (Å²) in [5.41, 5.74) is -0.365. The number of nitrogens with zero attached hydrogens (tertiary/aromatic N) is 1. The summed E-state index contributed by atoms with van der Waals surface area (Å²) in [6.07, 6.45) is -9.01. The molecule has 1 fully saturated rings. The number of aliphatic hydroxyl groups excluding tert-OH is 1. The Labute approximate surface area is 194 Å². The SMILES string of the molecule is CC(C)(C)OC(=O)N1CCC(Nc2cccc3c(C(O)C(F)(F)F)c(I)sc23)C(F)C1. The van der Waals surface area contributed by atoms with Gasteiger partial charge in [-0.1, -0.05) is 12.1 Å². The van der Waals surface area contributed by atoms with Gasteiger partial charge in [0.1, 0.15) is 11.8 Å². The summed E-state index contributed by atoms with van der Waals surface area (Å²) in [5.74, 6) is 0. The lowest BCUT2D eigenvalue weighted by Gasteiger charge is -2.36. The average Bonchev–Trinajstić information content (AvgIpc) is 2.97. The molecule has 0 bridgehead atoms. The Hall–Kier alpha value is -1.34. The first-order valence-electron chi connectivity index (χ1n) is 9.62. The number of rotatable bonds is 3. The van der Waals surface area contributed by atoms with E-state index in [0.29, 0.717) is 26.2 Å². The van der Waals surface area contributed by atoms with Gasteiger partial charge in [-0.05, 0) is 55.8 Å². The Kier molecular flexibility index (Phi) is 6.97. The van der Waals surface area contributed by atoms with Crippen molar-refractivity contribution in [3.05, 3.63) is 26.6 Å². The first kappa shape index (κ1) is 24.3. The number of nitrogens with one attached hydrogen (secondary N) is 1. The van der Waals surface area contributed by atoms with Gasteiger partial charge in [0, 0.05) is 17.5 Å². The van der Waals surface area contributed by atoms with Crippen LogP contribution in [0.25, 0.3) is 10.1 Å². The molecular formula is C20H23F4IN2O3S. The number of ether oxygens (including phenoxy) is 1. The second-order valence-corrected chi connectivity index (χ2v) is 11.2. The Morgan fingerprint density at radius 1 is 1.35 bits per heavy atom. The van der Waals surface area contributed by atoms with Gasteiger partial charge in [0.05, 0.1) is 25.9 Å². The number of hydrogen-bond donors (Lipinski definition) is 2. The highest BCUT2D eigenvalue weighted by molar-refractivity contribution is 14.1. The van der Waals surface area contributed by atoms with Gasteiger partial charge < -0.3 is 20.1 Å². The van der Waals surface area contributed by atoms with Crippen LogP contribution in [0.2, 0.25) is 0 Å². The summed E-state index contributed by atoms with van der Waals surface area (Å²) in [7, 11) is 0. The summed E-state index contributed by atoms with van der Waals surface area (Å²) in [6, 6.07) is 4.15. The van der Waals surface area contributed by atoms with Crippen LogP contribution in [0, 0.1) is 2.88 Å². The molecule has 11 heteroatoms. The molecular weight excluding hydrogens is 551 g/mol. The van der Waals surface area contributed by atoms with Crippen LogP contribution >= 0.6 is 33.9 Å². The number of benzene rings is 1. The lowest BCUT2D eigenvalue weighted by Crippen LogP contribution is -2.51. The molecule has 2 N–H and O–H groups in total. The molecule has 0 saturated carbocycles. The highest BCUT2D eigenvalue weighted by atomic mass is 127. The van der Waals surface area contributed by atoms with Crippen molar-refractivity contribution in [2.75, 3.05) is 18.4 Å². The van der Waals surface area contributed by atoms with E-state index in [4.69, 9.17) is 4.74 Å². The number of alkyl halides is 4. The van der Waals surface area contributed by atoms with E-state index < -0.39 is 36.2 Å². The Morgan fingerprint density at radius 2 is 2.03 bits per heavy atom. The third-order valence-electron chi connectivity index (χ3n) is 4.83. The number of fused-ring (bicyclic) bond motifs is 1. The van der Waals surface area contributed by atoms with Crippen LogP contribution < -0.4 is 5.32 Å². The highest BCUT2D eigenvalue weighted by Crippen LogP contribution is 2.45. The molecule has 3 unspecified atom stereocenters. The fourth-order valence-electron chi connectivity index (χ4n) is 3.40. The van der Waals surface area contributed by atoms with Crippen molar-refractivity contribution in [1.29, 1.82) is 0 Å². The number of piperidine rings is 1. The molecule has 172 valence electrons. The van der Waals surface area contributed by atoms with Gasteiger partial charge in [-0.25, -0.2) is 9.18 Å². The summed E-state index contributed by atoms with van der Waals surface area (Å²) >= 11 is 2.89. The average molecular weight is 574 g/mol. The molecule has 1 aromatic carbocycles. The van der Waals surface area contributed by atoms with Crippen LogP contribution in [-0.2, 0) is 4.74 Å². The molecule has 3 atom stereocenters. The second kappa shape index (κ2) is 8.89. The Bertz CT molecular complexity index is 960. The zero-order valence-electron chi connectivity index (χ0n) is 17.1. The van der Waals surface area contributed by atoms with Crippen LogP contribution in [0.5, 0.6) is 0 Å². The molecule has 2 heterocycles. The number of anilines is 1. The van der Waals surface area contributed by atoms with Gasteiger partial charge in [0.25, 0.3) is 0 Å². The van der Waals surface area contributed by atoms with Crippen molar-refractivity contribution in [2.24, 2.45) is 0 Å². The third kappa shape index (κ3) is 5.54. The smallest absolute Gasteiger partial charge is 0.418 e. The molecule has 0 spiro atoms. The van der Waals surface area contributed by atoms with Crippen molar-refractivity contribution < 1.29 is 32.2 Å². The van der Waals surface area contributed by atoms with E-state index in [1.54, 1.807) is 55.5 Å². The molecule has 1 saturated heterocycles. The number of carbonyl (C=O) groups excluding carboxylic acids is 1. The standard InChI is InChI=1S/C20H23F4IN2O3S/c1-19(2,3)30-18(29)27-8-7-12(11(21)9-27)26-13-6-4-5-10-14(16(28)20(22,23)24)17(25)31-15(10)13/h4-6,11-12,16,26,28H,7-9H2,1-3H3. The lowest BCUT2D eigenvalue weighted by molar-refractivity contribution is -0.206. The van der Waals surface area contributed by atoms with E-state index >= 15 is 0 Å². The first-order valence-corrected chi connectivity index (χ1v) is 11.5. The molecule has 1 aromatic heterocycles. The maximum Gasteiger partial charge on any atom is 0.418 e. The third-order valence-corrected chi connectivity index (χ3v) is 7.11. The number of halogens is 5. The number of carbonyl (C=O) groups is 1. The van der Waals surface area contributed by atoms with E-state index in [1.165, 1.54) is 11.0 Å². The molecule has 1 amide bonds. The molecule has 5 nitrogen and oxygen atoms in total. The molecule has 3 rings (SSSR count).